The van der Waals surface area contributed by atoms with Gasteiger partial charge >= 0.3 is 0 Å². The summed E-state index contributed by atoms with van der Waals surface area (Å²) >= 11 is 0. The van der Waals surface area contributed by atoms with Gasteiger partial charge in [-0.2, -0.15) is 0 Å². The van der Waals surface area contributed by atoms with Crippen molar-refractivity contribution < 1.29 is 4.74 Å². The third kappa shape index (κ3) is 7.66. The molecule has 0 saturated carbocycles. The van der Waals surface area contributed by atoms with Crippen LogP contribution in [0, 0.1) is 0 Å². The summed E-state index contributed by atoms with van der Waals surface area (Å²) < 4.78 is 5.50. The number of hydrogen-bond donors (Lipinski definition) is 0. The van der Waals surface area contributed by atoms with Crippen molar-refractivity contribution in [1.82, 2.24) is 0 Å². The first kappa shape index (κ1) is 15.5. The fraction of sp³-hybridized carbons (Fsp3) is 0.538. The fourth-order valence-electron chi connectivity index (χ4n) is 0.896. The Hall–Kier alpha value is -0.980. The maximum Gasteiger partial charge on any atom is 0.117 e. The second-order valence-electron chi connectivity index (χ2n) is 2.59. The fourth-order valence-corrected chi connectivity index (χ4v) is 0.896. The van der Waals surface area contributed by atoms with Crippen molar-refractivity contribution in [2.45, 2.75) is 41.0 Å². The SMILES string of the molecule is C=C/C=C(C)\C(=C/C)OCCC.CC. The predicted octanol–water partition coefficient (Wildman–Crippen LogP) is 4.48. The van der Waals surface area contributed by atoms with Crippen molar-refractivity contribution in [3.63, 3.8) is 0 Å². The molecule has 0 heterocycles. The predicted molar refractivity (Wildman–Crippen MR) is 65.3 cm³/mol. The smallest absolute Gasteiger partial charge is 0.117 e. The standard InChI is InChI=1S/C11H18O.C2H6/c1-5-8-10(4)11(7-3)12-9-6-2;1-2/h5,7-8H,1,6,9H2,2-4H3;1-2H3/b10-8-,11-7+;. The van der Waals surface area contributed by atoms with Crippen molar-refractivity contribution in [1.29, 1.82) is 0 Å². The molecule has 0 atom stereocenters. The topological polar surface area (TPSA) is 9.23 Å². The van der Waals surface area contributed by atoms with Crippen LogP contribution in [0.4, 0.5) is 0 Å². The highest BCUT2D eigenvalue weighted by Gasteiger charge is 1.96. The molecule has 0 bridgehead atoms. The molecule has 0 aromatic rings. The highest BCUT2D eigenvalue weighted by atomic mass is 16.5. The second-order valence-corrected chi connectivity index (χ2v) is 2.59. The van der Waals surface area contributed by atoms with Crippen molar-refractivity contribution in [3.8, 4) is 0 Å². The average molecular weight is 196 g/mol. The molecule has 0 radical (unpaired) electrons. The van der Waals surface area contributed by atoms with Crippen LogP contribution < -0.4 is 0 Å². The first-order valence-electron chi connectivity index (χ1n) is 5.35. The summed E-state index contributed by atoms with van der Waals surface area (Å²) in [7, 11) is 0. The van der Waals surface area contributed by atoms with E-state index in [2.05, 4.69) is 13.5 Å². The van der Waals surface area contributed by atoms with E-state index >= 15 is 0 Å². The molecule has 0 aromatic heterocycles. The molecule has 0 rings (SSSR count). The van der Waals surface area contributed by atoms with Crippen LogP contribution in [-0.4, -0.2) is 6.61 Å². The van der Waals surface area contributed by atoms with Crippen LogP contribution in [0.5, 0.6) is 0 Å². The van der Waals surface area contributed by atoms with Gasteiger partial charge in [-0.05, 0) is 31.9 Å². The van der Waals surface area contributed by atoms with E-state index in [0.717, 1.165) is 24.4 Å². The summed E-state index contributed by atoms with van der Waals surface area (Å²) in [5.74, 6) is 0.955. The summed E-state index contributed by atoms with van der Waals surface area (Å²) in [5, 5.41) is 0. The van der Waals surface area contributed by atoms with Gasteiger partial charge in [0, 0.05) is 0 Å². The second kappa shape index (κ2) is 12.0. The number of ether oxygens (including phenoxy) is 1. The lowest BCUT2D eigenvalue weighted by Crippen LogP contribution is -1.94. The van der Waals surface area contributed by atoms with Crippen LogP contribution in [0.15, 0.2) is 36.1 Å². The molecular formula is C13H24O. The molecule has 0 aliphatic carbocycles. The van der Waals surface area contributed by atoms with Gasteiger partial charge < -0.3 is 4.74 Å². The average Bonchev–Trinajstić information content (AvgIpc) is 2.22. The van der Waals surface area contributed by atoms with Gasteiger partial charge in [-0.3, -0.25) is 0 Å². The first-order valence-corrected chi connectivity index (χ1v) is 5.35. The quantitative estimate of drug-likeness (QED) is 0.465. The zero-order valence-corrected chi connectivity index (χ0v) is 10.3. The Kier molecular flexibility index (Phi) is 13.3. The van der Waals surface area contributed by atoms with E-state index in [1.165, 1.54) is 0 Å². The number of allylic oxidation sites excluding steroid dienone is 4. The van der Waals surface area contributed by atoms with Gasteiger partial charge in [0.05, 0.1) is 6.61 Å². The molecule has 1 heteroatoms. The van der Waals surface area contributed by atoms with E-state index in [1.807, 2.05) is 39.8 Å². The lowest BCUT2D eigenvalue weighted by molar-refractivity contribution is 0.220. The van der Waals surface area contributed by atoms with Gasteiger partial charge in [0.25, 0.3) is 0 Å². The molecule has 0 aromatic carbocycles. The lowest BCUT2D eigenvalue weighted by Gasteiger charge is -2.08. The molecule has 0 aliphatic heterocycles. The van der Waals surface area contributed by atoms with Crippen LogP contribution in [0.3, 0.4) is 0 Å². The largest absolute Gasteiger partial charge is 0.494 e. The Morgan fingerprint density at radius 1 is 1.36 bits per heavy atom. The van der Waals surface area contributed by atoms with Crippen LogP contribution in [0.2, 0.25) is 0 Å². The minimum atomic E-state index is 0.780. The Balaban J connectivity index is 0. The lowest BCUT2D eigenvalue weighted by atomic mass is 10.2. The molecule has 0 aliphatic rings. The third-order valence-corrected chi connectivity index (χ3v) is 1.48. The summed E-state index contributed by atoms with van der Waals surface area (Å²) in [6, 6.07) is 0. The maximum atomic E-state index is 5.50. The van der Waals surface area contributed by atoms with Gasteiger partial charge in [-0.15, -0.1) is 0 Å². The maximum absolute atomic E-state index is 5.50. The van der Waals surface area contributed by atoms with Crippen molar-refractivity contribution >= 4 is 0 Å². The molecule has 0 N–H and O–H groups in total. The van der Waals surface area contributed by atoms with Gasteiger partial charge in [0.2, 0.25) is 0 Å². The van der Waals surface area contributed by atoms with E-state index in [9.17, 15) is 0 Å². The summed E-state index contributed by atoms with van der Waals surface area (Å²) in [5.41, 5.74) is 1.13. The van der Waals surface area contributed by atoms with Crippen LogP contribution in [-0.2, 0) is 4.74 Å². The van der Waals surface area contributed by atoms with E-state index < -0.39 is 0 Å². The monoisotopic (exact) mass is 196 g/mol. The van der Waals surface area contributed by atoms with Gasteiger partial charge in [0.1, 0.15) is 5.76 Å². The van der Waals surface area contributed by atoms with E-state index in [4.69, 9.17) is 4.74 Å². The molecule has 0 amide bonds. The zero-order valence-electron chi connectivity index (χ0n) is 10.3. The Labute approximate surface area is 89.2 Å². The van der Waals surface area contributed by atoms with Crippen molar-refractivity contribution in [3.05, 3.63) is 36.1 Å². The zero-order chi connectivity index (χ0) is 11.4. The Morgan fingerprint density at radius 3 is 2.29 bits per heavy atom. The first-order chi connectivity index (χ1) is 6.76. The molecule has 1 nitrogen and oxygen atoms in total. The summed E-state index contributed by atoms with van der Waals surface area (Å²) in [6.45, 7) is 14.5. The van der Waals surface area contributed by atoms with Gasteiger partial charge in [-0.25, -0.2) is 0 Å². The van der Waals surface area contributed by atoms with E-state index in [0.29, 0.717) is 0 Å². The molecule has 0 spiro atoms. The molecule has 0 fully saturated rings. The minimum absolute atomic E-state index is 0.780. The molecule has 14 heavy (non-hydrogen) atoms. The normalized spacial score (nSPS) is 11.5. The number of hydrogen-bond acceptors (Lipinski definition) is 1. The third-order valence-electron chi connectivity index (χ3n) is 1.48. The Morgan fingerprint density at radius 2 is 1.93 bits per heavy atom. The highest BCUT2D eigenvalue weighted by Crippen LogP contribution is 2.10. The highest BCUT2D eigenvalue weighted by molar-refractivity contribution is 5.26. The van der Waals surface area contributed by atoms with E-state index in [-0.39, 0.29) is 0 Å². The van der Waals surface area contributed by atoms with Crippen LogP contribution >= 0.6 is 0 Å². The van der Waals surface area contributed by atoms with Crippen molar-refractivity contribution in [2.24, 2.45) is 0 Å². The molecular weight excluding hydrogens is 172 g/mol. The summed E-state index contributed by atoms with van der Waals surface area (Å²) in [6.07, 6.45) is 6.74. The van der Waals surface area contributed by atoms with Gasteiger partial charge in [-0.1, -0.05) is 39.5 Å². The molecule has 0 saturated heterocycles. The number of rotatable bonds is 5. The minimum Gasteiger partial charge on any atom is -0.494 e. The van der Waals surface area contributed by atoms with Crippen LogP contribution in [0.1, 0.15) is 41.0 Å². The van der Waals surface area contributed by atoms with Crippen molar-refractivity contribution in [2.75, 3.05) is 6.61 Å². The van der Waals surface area contributed by atoms with Gasteiger partial charge in [0.15, 0.2) is 0 Å². The van der Waals surface area contributed by atoms with E-state index in [1.54, 1.807) is 6.08 Å². The Bertz CT molecular complexity index is 187. The summed E-state index contributed by atoms with van der Waals surface area (Å²) in [4.78, 5) is 0. The van der Waals surface area contributed by atoms with Crippen LogP contribution in [0.25, 0.3) is 0 Å². The molecule has 0 unspecified atom stereocenters. The molecule has 82 valence electrons.